The van der Waals surface area contributed by atoms with Gasteiger partial charge in [-0.1, -0.05) is 23.7 Å². The molecule has 20 heavy (non-hydrogen) atoms. The molecule has 0 aliphatic carbocycles. The third-order valence-electron chi connectivity index (χ3n) is 3.04. The minimum atomic E-state index is -0.831. The molecule has 0 bridgehead atoms. The lowest BCUT2D eigenvalue weighted by molar-refractivity contribution is 0.500. The number of halogens is 4. The molecule has 0 heterocycles. The molecule has 2 rings (SSSR count). The highest BCUT2D eigenvalue weighted by Crippen LogP contribution is 2.23. The molecule has 0 spiro atoms. The maximum atomic E-state index is 13.2. The van der Waals surface area contributed by atoms with E-state index in [-0.39, 0.29) is 6.04 Å². The van der Waals surface area contributed by atoms with Gasteiger partial charge in [0.15, 0.2) is 11.6 Å². The Labute approximate surface area is 130 Å². The van der Waals surface area contributed by atoms with E-state index < -0.39 is 11.6 Å². The predicted octanol–water partition coefficient (Wildman–Crippen LogP) is 5.23. The minimum Gasteiger partial charge on any atom is -0.306 e. The van der Waals surface area contributed by atoms with Crippen molar-refractivity contribution in [1.29, 1.82) is 0 Å². The number of hydrogen-bond acceptors (Lipinski definition) is 1. The van der Waals surface area contributed by atoms with Crippen LogP contribution in [0.15, 0.2) is 40.9 Å². The Balaban J connectivity index is 2.02. The number of hydrogen-bond donors (Lipinski definition) is 1. The first-order valence-corrected chi connectivity index (χ1v) is 7.26. The van der Waals surface area contributed by atoms with Crippen LogP contribution in [-0.4, -0.2) is 0 Å². The van der Waals surface area contributed by atoms with Gasteiger partial charge in [-0.2, -0.15) is 0 Å². The monoisotopic (exact) mass is 359 g/mol. The molecule has 0 aliphatic heterocycles. The molecule has 0 aromatic heterocycles. The average Bonchev–Trinajstić information content (AvgIpc) is 2.43. The van der Waals surface area contributed by atoms with Crippen LogP contribution in [-0.2, 0) is 6.54 Å². The summed E-state index contributed by atoms with van der Waals surface area (Å²) in [5.41, 5.74) is 1.76. The Morgan fingerprint density at radius 3 is 2.55 bits per heavy atom. The molecule has 1 N–H and O–H groups in total. The van der Waals surface area contributed by atoms with E-state index in [1.54, 1.807) is 6.07 Å². The second-order valence-electron chi connectivity index (χ2n) is 4.52. The van der Waals surface area contributed by atoms with E-state index in [0.717, 1.165) is 16.1 Å². The van der Waals surface area contributed by atoms with Crippen LogP contribution >= 0.6 is 27.5 Å². The molecular weight excluding hydrogens is 348 g/mol. The van der Waals surface area contributed by atoms with Crippen molar-refractivity contribution >= 4 is 27.5 Å². The van der Waals surface area contributed by atoms with Crippen LogP contribution in [0.5, 0.6) is 0 Å². The molecule has 0 radical (unpaired) electrons. The van der Waals surface area contributed by atoms with Crippen molar-refractivity contribution in [1.82, 2.24) is 5.32 Å². The number of benzene rings is 2. The molecule has 0 fully saturated rings. The van der Waals surface area contributed by atoms with Crippen molar-refractivity contribution in [2.24, 2.45) is 0 Å². The van der Waals surface area contributed by atoms with Gasteiger partial charge in [0.2, 0.25) is 0 Å². The first kappa shape index (κ1) is 15.4. The van der Waals surface area contributed by atoms with Crippen molar-refractivity contribution < 1.29 is 8.78 Å². The Hall–Kier alpha value is -0.970. The summed E-state index contributed by atoms with van der Waals surface area (Å²) in [6.45, 7) is 2.51. The molecule has 2 aromatic carbocycles. The molecular formula is C15H13BrClF2N. The minimum absolute atomic E-state index is 0.0837. The smallest absolute Gasteiger partial charge is 0.159 e. The second-order valence-corrected chi connectivity index (χ2v) is 5.79. The fourth-order valence-corrected chi connectivity index (χ4v) is 2.36. The predicted molar refractivity (Wildman–Crippen MR) is 80.8 cm³/mol. The Morgan fingerprint density at radius 2 is 1.90 bits per heavy atom. The van der Waals surface area contributed by atoms with E-state index in [1.165, 1.54) is 6.07 Å². The summed E-state index contributed by atoms with van der Waals surface area (Å²) in [6, 6.07) is 9.50. The van der Waals surface area contributed by atoms with E-state index in [1.807, 2.05) is 25.1 Å². The van der Waals surface area contributed by atoms with E-state index in [2.05, 4.69) is 21.2 Å². The van der Waals surface area contributed by atoms with Gasteiger partial charge in [0.1, 0.15) is 0 Å². The first-order valence-electron chi connectivity index (χ1n) is 6.09. The quantitative estimate of drug-likeness (QED) is 0.787. The third-order valence-corrected chi connectivity index (χ3v) is 4.25. The van der Waals surface area contributed by atoms with Gasteiger partial charge in [0, 0.05) is 17.1 Å². The lowest BCUT2D eigenvalue weighted by Gasteiger charge is -2.15. The zero-order valence-electron chi connectivity index (χ0n) is 10.8. The SMILES string of the molecule is CC(NCc1ccc(Cl)c(Br)c1)c1ccc(F)c(F)c1. The van der Waals surface area contributed by atoms with Crippen LogP contribution in [0.2, 0.25) is 5.02 Å². The van der Waals surface area contributed by atoms with Gasteiger partial charge in [0.25, 0.3) is 0 Å². The van der Waals surface area contributed by atoms with Crippen LogP contribution in [0.1, 0.15) is 24.1 Å². The summed E-state index contributed by atoms with van der Waals surface area (Å²) in [6.07, 6.45) is 0. The van der Waals surface area contributed by atoms with Crippen LogP contribution in [0.25, 0.3) is 0 Å². The lowest BCUT2D eigenvalue weighted by Crippen LogP contribution is -2.18. The second kappa shape index (κ2) is 6.66. The van der Waals surface area contributed by atoms with Crippen LogP contribution < -0.4 is 5.32 Å². The van der Waals surface area contributed by atoms with E-state index >= 15 is 0 Å². The Bertz CT molecular complexity index is 619. The van der Waals surface area contributed by atoms with Gasteiger partial charge in [-0.3, -0.25) is 0 Å². The summed E-state index contributed by atoms with van der Waals surface area (Å²) in [4.78, 5) is 0. The van der Waals surface area contributed by atoms with Crippen molar-refractivity contribution in [2.45, 2.75) is 19.5 Å². The van der Waals surface area contributed by atoms with Gasteiger partial charge in [-0.25, -0.2) is 8.78 Å². The molecule has 2 aromatic rings. The molecule has 1 atom stereocenters. The van der Waals surface area contributed by atoms with Crippen molar-refractivity contribution in [3.8, 4) is 0 Å². The fourth-order valence-electron chi connectivity index (χ4n) is 1.82. The normalized spacial score (nSPS) is 12.4. The van der Waals surface area contributed by atoms with Gasteiger partial charge >= 0.3 is 0 Å². The molecule has 5 heteroatoms. The summed E-state index contributed by atoms with van der Waals surface area (Å²) in [5, 5.41) is 3.91. The maximum Gasteiger partial charge on any atom is 0.159 e. The molecule has 1 unspecified atom stereocenters. The molecule has 1 nitrogen and oxygen atoms in total. The number of rotatable bonds is 4. The Morgan fingerprint density at radius 1 is 1.15 bits per heavy atom. The van der Waals surface area contributed by atoms with Gasteiger partial charge in [0.05, 0.1) is 5.02 Å². The molecule has 0 saturated heterocycles. The van der Waals surface area contributed by atoms with Crippen molar-refractivity contribution in [3.05, 3.63) is 68.7 Å². The van der Waals surface area contributed by atoms with E-state index in [0.29, 0.717) is 17.1 Å². The Kier molecular flexibility index (Phi) is 5.13. The van der Waals surface area contributed by atoms with Crippen LogP contribution in [0.3, 0.4) is 0 Å². The first-order chi connectivity index (χ1) is 9.47. The summed E-state index contributed by atoms with van der Waals surface area (Å²) < 4.78 is 26.9. The molecule has 0 aliphatic rings. The standard InChI is InChI=1S/C15H13BrClF2N/c1-9(11-3-5-14(18)15(19)7-11)20-8-10-2-4-13(17)12(16)6-10/h2-7,9,20H,8H2,1H3. The van der Waals surface area contributed by atoms with E-state index in [4.69, 9.17) is 11.6 Å². The molecule has 0 saturated carbocycles. The highest BCUT2D eigenvalue weighted by atomic mass is 79.9. The number of nitrogens with one attached hydrogen (secondary N) is 1. The topological polar surface area (TPSA) is 12.0 Å². The van der Waals surface area contributed by atoms with Gasteiger partial charge in [-0.05, 0) is 58.2 Å². The highest BCUT2D eigenvalue weighted by molar-refractivity contribution is 9.10. The highest BCUT2D eigenvalue weighted by Gasteiger charge is 2.09. The molecule has 0 amide bonds. The van der Waals surface area contributed by atoms with Crippen molar-refractivity contribution in [3.63, 3.8) is 0 Å². The van der Waals surface area contributed by atoms with Gasteiger partial charge in [-0.15, -0.1) is 0 Å². The summed E-state index contributed by atoms with van der Waals surface area (Å²) in [5.74, 6) is -1.66. The molecule has 106 valence electrons. The summed E-state index contributed by atoms with van der Waals surface area (Å²) >= 11 is 9.29. The average molecular weight is 361 g/mol. The third kappa shape index (κ3) is 3.78. The van der Waals surface area contributed by atoms with Crippen molar-refractivity contribution in [2.75, 3.05) is 0 Å². The largest absolute Gasteiger partial charge is 0.306 e. The zero-order chi connectivity index (χ0) is 14.7. The van der Waals surface area contributed by atoms with E-state index in [9.17, 15) is 8.78 Å². The summed E-state index contributed by atoms with van der Waals surface area (Å²) in [7, 11) is 0. The zero-order valence-corrected chi connectivity index (χ0v) is 13.1. The fraction of sp³-hybridized carbons (Fsp3) is 0.200. The van der Waals surface area contributed by atoms with Gasteiger partial charge < -0.3 is 5.32 Å². The lowest BCUT2D eigenvalue weighted by atomic mass is 10.1. The van der Waals surface area contributed by atoms with Crippen LogP contribution in [0.4, 0.5) is 8.78 Å². The maximum absolute atomic E-state index is 13.2. The van der Waals surface area contributed by atoms with Crippen LogP contribution in [0, 0.1) is 11.6 Å².